The third kappa shape index (κ3) is 3.68. The van der Waals surface area contributed by atoms with Crippen LogP contribution in [0, 0.1) is 0 Å². The van der Waals surface area contributed by atoms with Crippen molar-refractivity contribution in [2.45, 2.75) is 25.4 Å². The lowest BCUT2D eigenvalue weighted by Gasteiger charge is -2.09. The molecule has 1 N–H and O–H groups in total. The van der Waals surface area contributed by atoms with Crippen LogP contribution in [0.15, 0.2) is 54.7 Å². The highest BCUT2D eigenvalue weighted by molar-refractivity contribution is 5.14. The second kappa shape index (κ2) is 6.16. The lowest BCUT2D eigenvalue weighted by atomic mass is 10.0. The van der Waals surface area contributed by atoms with Gasteiger partial charge in [-0.25, -0.2) is 0 Å². The Morgan fingerprint density at radius 2 is 1.76 bits per heavy atom. The lowest BCUT2D eigenvalue weighted by molar-refractivity contribution is 0.160. The minimum atomic E-state index is -0.445. The largest absolute Gasteiger partial charge is 0.387 e. The van der Waals surface area contributed by atoms with E-state index in [1.54, 1.807) is 6.20 Å². The molecule has 2 aromatic rings. The second-order valence-corrected chi connectivity index (χ2v) is 4.15. The lowest BCUT2D eigenvalue weighted by Crippen LogP contribution is -2.00. The predicted molar refractivity (Wildman–Crippen MR) is 68.6 cm³/mol. The van der Waals surface area contributed by atoms with E-state index in [0.717, 1.165) is 25.0 Å². The normalized spacial score (nSPS) is 12.3. The van der Waals surface area contributed by atoms with Crippen molar-refractivity contribution in [1.82, 2.24) is 4.98 Å². The Bertz CT molecular complexity index is 427. The molecule has 0 saturated heterocycles. The Morgan fingerprint density at radius 3 is 2.47 bits per heavy atom. The van der Waals surface area contributed by atoms with Crippen molar-refractivity contribution in [3.8, 4) is 0 Å². The van der Waals surface area contributed by atoms with Gasteiger partial charge >= 0.3 is 0 Å². The van der Waals surface area contributed by atoms with Gasteiger partial charge in [0.2, 0.25) is 0 Å². The molecule has 0 aliphatic rings. The molecule has 0 spiro atoms. The van der Waals surface area contributed by atoms with E-state index in [9.17, 15) is 5.11 Å². The SMILES string of the molecule is OC(CCCc1ccccc1)c1ccccn1. The molecule has 2 nitrogen and oxygen atoms in total. The van der Waals surface area contributed by atoms with Gasteiger partial charge in [-0.1, -0.05) is 36.4 Å². The summed E-state index contributed by atoms with van der Waals surface area (Å²) in [6.07, 6.45) is 4.01. The second-order valence-electron chi connectivity index (χ2n) is 4.15. The van der Waals surface area contributed by atoms with Crippen LogP contribution < -0.4 is 0 Å². The summed E-state index contributed by atoms with van der Waals surface area (Å²) in [6.45, 7) is 0. The molecule has 0 amide bonds. The minimum absolute atomic E-state index is 0.445. The molecule has 0 fully saturated rings. The number of hydrogen-bond donors (Lipinski definition) is 1. The van der Waals surface area contributed by atoms with Crippen LogP contribution in [0.3, 0.4) is 0 Å². The molecule has 0 aliphatic carbocycles. The van der Waals surface area contributed by atoms with Crippen LogP contribution in [-0.2, 0) is 6.42 Å². The van der Waals surface area contributed by atoms with E-state index in [4.69, 9.17) is 0 Å². The van der Waals surface area contributed by atoms with Crippen molar-refractivity contribution in [2.75, 3.05) is 0 Å². The molecule has 1 unspecified atom stereocenters. The third-order valence-corrected chi connectivity index (χ3v) is 2.82. The van der Waals surface area contributed by atoms with Crippen LogP contribution in [-0.4, -0.2) is 10.1 Å². The summed E-state index contributed by atoms with van der Waals surface area (Å²) in [5, 5.41) is 9.94. The summed E-state index contributed by atoms with van der Waals surface area (Å²) >= 11 is 0. The zero-order chi connectivity index (χ0) is 11.9. The van der Waals surface area contributed by atoms with Gasteiger partial charge in [-0.2, -0.15) is 0 Å². The number of pyridine rings is 1. The van der Waals surface area contributed by atoms with E-state index in [1.165, 1.54) is 5.56 Å². The molecular weight excluding hydrogens is 210 g/mol. The Hall–Kier alpha value is -1.67. The standard InChI is InChI=1S/C15H17NO/c17-15(14-10-4-5-12-16-14)11-6-9-13-7-2-1-3-8-13/h1-5,7-8,10,12,15,17H,6,9,11H2. The zero-order valence-electron chi connectivity index (χ0n) is 9.79. The van der Waals surface area contributed by atoms with Crippen LogP contribution in [0.5, 0.6) is 0 Å². The summed E-state index contributed by atoms with van der Waals surface area (Å²) in [7, 11) is 0. The molecule has 2 rings (SSSR count). The van der Waals surface area contributed by atoms with Gasteiger partial charge in [0, 0.05) is 6.20 Å². The van der Waals surface area contributed by atoms with Gasteiger partial charge in [0.25, 0.3) is 0 Å². The molecule has 0 bridgehead atoms. The topological polar surface area (TPSA) is 33.1 Å². The van der Waals surface area contributed by atoms with Gasteiger partial charge in [-0.3, -0.25) is 4.98 Å². The number of aliphatic hydroxyl groups excluding tert-OH is 1. The van der Waals surface area contributed by atoms with Gasteiger partial charge in [0.1, 0.15) is 0 Å². The molecule has 88 valence electrons. The Labute approximate surface area is 102 Å². The van der Waals surface area contributed by atoms with Gasteiger partial charge in [0.15, 0.2) is 0 Å². The van der Waals surface area contributed by atoms with Crippen LogP contribution in [0.25, 0.3) is 0 Å². The maximum Gasteiger partial charge on any atom is 0.0959 e. The van der Waals surface area contributed by atoms with E-state index in [0.29, 0.717) is 0 Å². The molecule has 1 aromatic carbocycles. The van der Waals surface area contributed by atoms with E-state index in [-0.39, 0.29) is 0 Å². The first-order valence-electron chi connectivity index (χ1n) is 5.99. The van der Waals surface area contributed by atoms with Gasteiger partial charge in [-0.15, -0.1) is 0 Å². The predicted octanol–water partition coefficient (Wildman–Crippen LogP) is 3.14. The van der Waals surface area contributed by atoms with Gasteiger partial charge in [0.05, 0.1) is 11.8 Å². The fourth-order valence-electron chi connectivity index (χ4n) is 1.87. The van der Waals surface area contributed by atoms with Crippen LogP contribution in [0.2, 0.25) is 0 Å². The number of benzene rings is 1. The quantitative estimate of drug-likeness (QED) is 0.851. The van der Waals surface area contributed by atoms with Crippen LogP contribution >= 0.6 is 0 Å². The zero-order valence-corrected chi connectivity index (χ0v) is 9.79. The van der Waals surface area contributed by atoms with Gasteiger partial charge in [-0.05, 0) is 37.0 Å². The molecule has 0 radical (unpaired) electrons. The molecule has 0 aliphatic heterocycles. The number of aryl methyl sites for hydroxylation is 1. The first-order chi connectivity index (χ1) is 8.36. The van der Waals surface area contributed by atoms with E-state index in [2.05, 4.69) is 17.1 Å². The first-order valence-corrected chi connectivity index (χ1v) is 5.99. The number of aromatic nitrogens is 1. The van der Waals surface area contributed by atoms with Crippen molar-refractivity contribution in [1.29, 1.82) is 0 Å². The number of aliphatic hydroxyl groups is 1. The van der Waals surface area contributed by atoms with Crippen LogP contribution in [0.1, 0.15) is 30.2 Å². The van der Waals surface area contributed by atoms with Crippen LogP contribution in [0.4, 0.5) is 0 Å². The van der Waals surface area contributed by atoms with E-state index < -0.39 is 6.10 Å². The van der Waals surface area contributed by atoms with Crippen molar-refractivity contribution in [3.05, 3.63) is 66.0 Å². The van der Waals surface area contributed by atoms with Crippen molar-refractivity contribution in [3.63, 3.8) is 0 Å². The summed E-state index contributed by atoms with van der Waals surface area (Å²) < 4.78 is 0. The summed E-state index contributed by atoms with van der Waals surface area (Å²) in [5.74, 6) is 0. The minimum Gasteiger partial charge on any atom is -0.387 e. The highest BCUT2D eigenvalue weighted by atomic mass is 16.3. The fourth-order valence-corrected chi connectivity index (χ4v) is 1.87. The van der Waals surface area contributed by atoms with Crippen molar-refractivity contribution < 1.29 is 5.11 Å². The average Bonchev–Trinajstić information content (AvgIpc) is 2.41. The molecule has 0 saturated carbocycles. The number of rotatable bonds is 5. The molecular formula is C15H17NO. The summed E-state index contributed by atoms with van der Waals surface area (Å²) in [6, 6.07) is 16.0. The van der Waals surface area contributed by atoms with Crippen molar-refractivity contribution in [2.24, 2.45) is 0 Å². The molecule has 1 aromatic heterocycles. The highest BCUT2D eigenvalue weighted by Crippen LogP contribution is 2.17. The maximum atomic E-state index is 9.94. The van der Waals surface area contributed by atoms with E-state index in [1.807, 2.05) is 36.4 Å². The Kier molecular flexibility index (Phi) is 4.28. The molecule has 1 heterocycles. The van der Waals surface area contributed by atoms with E-state index >= 15 is 0 Å². The van der Waals surface area contributed by atoms with Crippen molar-refractivity contribution >= 4 is 0 Å². The molecule has 17 heavy (non-hydrogen) atoms. The maximum absolute atomic E-state index is 9.94. The molecule has 1 atom stereocenters. The summed E-state index contributed by atoms with van der Waals surface area (Å²) in [5.41, 5.74) is 2.08. The molecule has 2 heteroatoms. The van der Waals surface area contributed by atoms with Gasteiger partial charge < -0.3 is 5.11 Å². The summed E-state index contributed by atoms with van der Waals surface area (Å²) in [4.78, 5) is 4.15. The third-order valence-electron chi connectivity index (χ3n) is 2.82. The highest BCUT2D eigenvalue weighted by Gasteiger charge is 2.07. The Balaban J connectivity index is 1.79. The average molecular weight is 227 g/mol. The fraction of sp³-hybridized carbons (Fsp3) is 0.267. The smallest absolute Gasteiger partial charge is 0.0959 e. The monoisotopic (exact) mass is 227 g/mol. The number of nitrogens with zero attached hydrogens (tertiary/aromatic N) is 1. The first kappa shape index (κ1) is 11.8. The number of hydrogen-bond acceptors (Lipinski definition) is 2. The Morgan fingerprint density at radius 1 is 1.00 bits per heavy atom.